The summed E-state index contributed by atoms with van der Waals surface area (Å²) in [5, 5.41) is 0. The van der Waals surface area contributed by atoms with Gasteiger partial charge >= 0.3 is 6.18 Å². The van der Waals surface area contributed by atoms with E-state index in [1.54, 1.807) is 4.90 Å². The Morgan fingerprint density at radius 3 is 2.11 bits per heavy atom. The van der Waals surface area contributed by atoms with E-state index in [1.165, 1.54) is 11.0 Å². The summed E-state index contributed by atoms with van der Waals surface area (Å²) in [4.78, 5) is 40.1. The SMILES string of the molecule is O=C(C(=O)N1CCN(C(=O)C2CCCC2)CC1)c1cccc(C(F)(F)F)c1. The van der Waals surface area contributed by atoms with Crippen molar-refractivity contribution in [1.82, 2.24) is 9.80 Å². The number of Topliss-reactive ketones (excluding diaryl/α,β-unsaturated/α-hetero) is 1. The molecule has 0 bridgehead atoms. The van der Waals surface area contributed by atoms with E-state index in [0.717, 1.165) is 37.8 Å². The Morgan fingerprint density at radius 1 is 0.926 bits per heavy atom. The molecule has 1 aliphatic carbocycles. The topological polar surface area (TPSA) is 57.7 Å². The monoisotopic (exact) mass is 382 g/mol. The number of ketones is 1. The molecule has 2 amide bonds. The van der Waals surface area contributed by atoms with Crippen LogP contribution in [0.5, 0.6) is 0 Å². The Morgan fingerprint density at radius 2 is 1.52 bits per heavy atom. The van der Waals surface area contributed by atoms with Gasteiger partial charge in [-0.2, -0.15) is 13.2 Å². The average Bonchev–Trinajstić information content (AvgIpc) is 3.20. The molecule has 146 valence electrons. The highest BCUT2D eigenvalue weighted by atomic mass is 19.4. The van der Waals surface area contributed by atoms with Gasteiger partial charge in [0.05, 0.1) is 5.56 Å². The second kappa shape index (κ2) is 7.70. The van der Waals surface area contributed by atoms with Crippen molar-refractivity contribution >= 4 is 17.6 Å². The molecule has 0 N–H and O–H groups in total. The van der Waals surface area contributed by atoms with E-state index in [4.69, 9.17) is 0 Å². The maximum absolute atomic E-state index is 12.8. The minimum Gasteiger partial charge on any atom is -0.339 e. The van der Waals surface area contributed by atoms with E-state index in [-0.39, 0.29) is 30.5 Å². The molecular weight excluding hydrogens is 361 g/mol. The molecule has 0 radical (unpaired) electrons. The van der Waals surface area contributed by atoms with E-state index in [0.29, 0.717) is 19.2 Å². The Balaban J connectivity index is 1.60. The van der Waals surface area contributed by atoms with Crippen LogP contribution in [-0.4, -0.2) is 53.6 Å². The quantitative estimate of drug-likeness (QED) is 0.597. The van der Waals surface area contributed by atoms with Crippen molar-refractivity contribution < 1.29 is 27.6 Å². The molecule has 1 aromatic rings. The van der Waals surface area contributed by atoms with Crippen LogP contribution >= 0.6 is 0 Å². The zero-order chi connectivity index (χ0) is 19.6. The first-order valence-electron chi connectivity index (χ1n) is 9.07. The van der Waals surface area contributed by atoms with Crippen molar-refractivity contribution in [3.63, 3.8) is 0 Å². The number of hydrogen-bond donors (Lipinski definition) is 0. The summed E-state index contributed by atoms with van der Waals surface area (Å²) in [5.74, 6) is -1.64. The minimum absolute atomic E-state index is 0.0546. The summed E-state index contributed by atoms with van der Waals surface area (Å²) < 4.78 is 38.4. The molecule has 1 aromatic carbocycles. The third-order valence-electron chi connectivity index (χ3n) is 5.23. The lowest BCUT2D eigenvalue weighted by Gasteiger charge is -2.35. The molecule has 5 nitrogen and oxygen atoms in total. The Bertz CT molecular complexity index is 734. The Kier molecular flexibility index (Phi) is 5.53. The highest BCUT2D eigenvalue weighted by Gasteiger charge is 2.34. The second-order valence-electron chi connectivity index (χ2n) is 7.01. The molecule has 0 unspecified atom stereocenters. The van der Waals surface area contributed by atoms with Gasteiger partial charge in [-0.25, -0.2) is 0 Å². The van der Waals surface area contributed by atoms with Crippen LogP contribution in [-0.2, 0) is 15.8 Å². The molecule has 2 aliphatic rings. The molecule has 0 spiro atoms. The number of hydrogen-bond acceptors (Lipinski definition) is 3. The van der Waals surface area contributed by atoms with Gasteiger partial charge in [-0.15, -0.1) is 0 Å². The summed E-state index contributed by atoms with van der Waals surface area (Å²) >= 11 is 0. The van der Waals surface area contributed by atoms with Crippen LogP contribution in [0.4, 0.5) is 13.2 Å². The van der Waals surface area contributed by atoms with E-state index in [2.05, 4.69) is 0 Å². The molecule has 27 heavy (non-hydrogen) atoms. The lowest BCUT2D eigenvalue weighted by atomic mass is 10.0. The lowest BCUT2D eigenvalue weighted by molar-refractivity contribution is -0.140. The van der Waals surface area contributed by atoms with Gasteiger partial charge in [0.25, 0.3) is 5.91 Å². The number of benzene rings is 1. The number of amides is 2. The maximum atomic E-state index is 12.8. The van der Waals surface area contributed by atoms with Gasteiger partial charge < -0.3 is 9.80 Å². The van der Waals surface area contributed by atoms with E-state index in [1.807, 2.05) is 0 Å². The fourth-order valence-corrected chi connectivity index (χ4v) is 3.66. The predicted molar refractivity (Wildman–Crippen MR) is 90.9 cm³/mol. The Labute approximate surface area is 155 Å². The number of nitrogens with zero attached hydrogens (tertiary/aromatic N) is 2. The maximum Gasteiger partial charge on any atom is 0.416 e. The largest absolute Gasteiger partial charge is 0.416 e. The van der Waals surface area contributed by atoms with E-state index >= 15 is 0 Å². The summed E-state index contributed by atoms with van der Waals surface area (Å²) in [6, 6.07) is 3.87. The molecule has 0 aromatic heterocycles. The summed E-state index contributed by atoms with van der Waals surface area (Å²) in [6.07, 6.45) is -0.676. The molecule has 1 saturated carbocycles. The first-order valence-corrected chi connectivity index (χ1v) is 9.07. The summed E-state index contributed by atoms with van der Waals surface area (Å²) in [5.41, 5.74) is -1.24. The van der Waals surface area contributed by atoms with Gasteiger partial charge in [0.15, 0.2) is 0 Å². The van der Waals surface area contributed by atoms with Gasteiger partial charge in [-0.05, 0) is 25.0 Å². The van der Waals surface area contributed by atoms with Crippen LogP contribution in [0.2, 0.25) is 0 Å². The van der Waals surface area contributed by atoms with Crippen molar-refractivity contribution in [1.29, 1.82) is 0 Å². The minimum atomic E-state index is -4.58. The molecule has 3 rings (SSSR count). The van der Waals surface area contributed by atoms with Crippen molar-refractivity contribution in [3.8, 4) is 0 Å². The fraction of sp³-hybridized carbons (Fsp3) is 0.526. The van der Waals surface area contributed by atoms with Crippen molar-refractivity contribution in [3.05, 3.63) is 35.4 Å². The van der Waals surface area contributed by atoms with Crippen LogP contribution in [0.25, 0.3) is 0 Å². The zero-order valence-corrected chi connectivity index (χ0v) is 14.8. The molecule has 1 saturated heterocycles. The number of rotatable bonds is 3. The smallest absolute Gasteiger partial charge is 0.339 e. The standard InChI is InChI=1S/C19H21F3N2O3/c20-19(21,22)15-7-3-6-14(12-15)16(25)18(27)24-10-8-23(9-11-24)17(26)13-4-1-2-5-13/h3,6-7,12-13H,1-2,4-5,8-11H2. The highest BCUT2D eigenvalue weighted by molar-refractivity contribution is 6.42. The predicted octanol–water partition coefficient (Wildman–Crippen LogP) is 2.75. The molecule has 2 fully saturated rings. The van der Waals surface area contributed by atoms with Crippen molar-refractivity contribution in [2.24, 2.45) is 5.92 Å². The first kappa shape index (κ1) is 19.4. The summed E-state index contributed by atoms with van der Waals surface area (Å²) in [6.45, 7) is 1.11. The highest BCUT2D eigenvalue weighted by Crippen LogP contribution is 2.30. The first-order chi connectivity index (χ1) is 12.8. The second-order valence-corrected chi connectivity index (χ2v) is 7.01. The Hall–Kier alpha value is -2.38. The lowest BCUT2D eigenvalue weighted by Crippen LogP contribution is -2.53. The van der Waals surface area contributed by atoms with Crippen molar-refractivity contribution in [2.45, 2.75) is 31.9 Å². The van der Waals surface area contributed by atoms with Crippen LogP contribution in [0.3, 0.4) is 0 Å². The number of carbonyl (C=O) groups is 3. The third kappa shape index (κ3) is 4.31. The van der Waals surface area contributed by atoms with E-state index in [9.17, 15) is 27.6 Å². The molecular formula is C19H21F3N2O3. The molecule has 0 atom stereocenters. The fourth-order valence-electron chi connectivity index (χ4n) is 3.66. The molecule has 8 heteroatoms. The third-order valence-corrected chi connectivity index (χ3v) is 5.23. The van der Waals surface area contributed by atoms with Crippen LogP contribution < -0.4 is 0 Å². The molecule has 1 heterocycles. The number of piperazine rings is 1. The van der Waals surface area contributed by atoms with Crippen LogP contribution in [0, 0.1) is 5.92 Å². The van der Waals surface area contributed by atoms with Gasteiger partial charge in [0.1, 0.15) is 0 Å². The number of alkyl halides is 3. The van der Waals surface area contributed by atoms with Crippen LogP contribution in [0.15, 0.2) is 24.3 Å². The number of carbonyl (C=O) groups excluding carboxylic acids is 3. The van der Waals surface area contributed by atoms with Crippen LogP contribution in [0.1, 0.15) is 41.6 Å². The van der Waals surface area contributed by atoms with Crippen molar-refractivity contribution in [2.75, 3.05) is 26.2 Å². The van der Waals surface area contributed by atoms with E-state index < -0.39 is 23.4 Å². The zero-order valence-electron chi connectivity index (χ0n) is 14.8. The van der Waals surface area contributed by atoms with Gasteiger partial charge in [-0.1, -0.05) is 25.0 Å². The van der Waals surface area contributed by atoms with Gasteiger partial charge in [0, 0.05) is 37.7 Å². The normalized spacial score (nSPS) is 18.6. The average molecular weight is 382 g/mol. The van der Waals surface area contributed by atoms with Gasteiger partial charge in [0.2, 0.25) is 11.7 Å². The molecule has 1 aliphatic heterocycles. The number of halogens is 3. The summed E-state index contributed by atoms with van der Waals surface area (Å²) in [7, 11) is 0. The van der Waals surface area contributed by atoms with Gasteiger partial charge in [-0.3, -0.25) is 14.4 Å².